The second-order valence-electron chi connectivity index (χ2n) is 9.00. The van der Waals surface area contributed by atoms with Gasteiger partial charge in [-0.1, -0.05) is 23.7 Å². The van der Waals surface area contributed by atoms with Gasteiger partial charge < -0.3 is 10.6 Å². The quantitative estimate of drug-likeness (QED) is 0.516. The molecule has 0 fully saturated rings. The van der Waals surface area contributed by atoms with Gasteiger partial charge in [-0.15, -0.1) is 0 Å². The standard InChI is InChI=1S/C23H23ClFN5O4S/c1-13-4-7-18(26-11-13)30-21(27-19(31)12-35(3,33)34)20-17(29-30)10-23(2,28-22(20)32)9-14-5-6-15(24)8-16(14)25/h4-8,11H,9-10,12H2,1-3H3,(H,27,31)(H,28,32)/t23-/m1/s1. The van der Waals surface area contributed by atoms with Crippen LogP contribution in [-0.4, -0.2) is 52.5 Å². The van der Waals surface area contributed by atoms with E-state index in [4.69, 9.17) is 11.6 Å². The van der Waals surface area contributed by atoms with E-state index in [-0.39, 0.29) is 29.2 Å². The normalized spacial score (nSPS) is 17.6. The zero-order valence-corrected chi connectivity index (χ0v) is 20.8. The van der Waals surface area contributed by atoms with Crippen molar-refractivity contribution in [2.75, 3.05) is 17.3 Å². The van der Waals surface area contributed by atoms with Crippen LogP contribution in [0.2, 0.25) is 5.02 Å². The molecular formula is C23H23ClFN5O4S. The topological polar surface area (TPSA) is 123 Å². The Balaban J connectivity index is 1.75. The highest BCUT2D eigenvalue weighted by molar-refractivity contribution is 7.91. The number of hydrogen-bond donors (Lipinski definition) is 2. The first-order valence-electron chi connectivity index (χ1n) is 10.6. The third kappa shape index (κ3) is 5.51. The van der Waals surface area contributed by atoms with Gasteiger partial charge in [-0.3, -0.25) is 9.59 Å². The van der Waals surface area contributed by atoms with Crippen molar-refractivity contribution in [1.82, 2.24) is 20.1 Å². The van der Waals surface area contributed by atoms with Crippen LogP contribution in [0.5, 0.6) is 0 Å². The molecule has 9 nitrogen and oxygen atoms in total. The third-order valence-electron chi connectivity index (χ3n) is 5.52. The number of aryl methyl sites for hydroxylation is 1. The summed E-state index contributed by atoms with van der Waals surface area (Å²) in [7, 11) is -3.61. The van der Waals surface area contributed by atoms with Crippen LogP contribution in [0.4, 0.5) is 10.2 Å². The van der Waals surface area contributed by atoms with Crippen LogP contribution in [0, 0.1) is 12.7 Å². The average molecular weight is 520 g/mol. The lowest BCUT2D eigenvalue weighted by atomic mass is 9.84. The maximum absolute atomic E-state index is 14.4. The predicted molar refractivity (Wildman–Crippen MR) is 129 cm³/mol. The van der Waals surface area contributed by atoms with E-state index in [0.717, 1.165) is 11.8 Å². The maximum Gasteiger partial charge on any atom is 0.257 e. The SMILES string of the molecule is Cc1ccc(-n2nc3c(c2NC(=O)CS(C)(=O)=O)C(=O)N[C@](C)(Cc2ccc(Cl)cc2F)C3)nc1. The lowest BCUT2D eigenvalue weighted by molar-refractivity contribution is -0.113. The van der Waals surface area contributed by atoms with Gasteiger partial charge >= 0.3 is 0 Å². The molecule has 1 aromatic carbocycles. The number of rotatable bonds is 6. The molecule has 1 atom stereocenters. The minimum absolute atomic E-state index is 0.0160. The van der Waals surface area contributed by atoms with Crippen LogP contribution in [0.1, 0.15) is 34.1 Å². The number of pyridine rings is 1. The summed E-state index contributed by atoms with van der Waals surface area (Å²) in [6.07, 6.45) is 2.94. The molecule has 1 aliphatic heterocycles. The van der Waals surface area contributed by atoms with Gasteiger partial charge in [-0.25, -0.2) is 17.8 Å². The van der Waals surface area contributed by atoms with Gasteiger partial charge in [0.15, 0.2) is 21.5 Å². The molecule has 2 amide bonds. The summed E-state index contributed by atoms with van der Waals surface area (Å²) in [5, 5.41) is 10.2. The van der Waals surface area contributed by atoms with Crippen LogP contribution < -0.4 is 10.6 Å². The summed E-state index contributed by atoms with van der Waals surface area (Å²) in [6.45, 7) is 3.63. The smallest absolute Gasteiger partial charge is 0.257 e. The minimum atomic E-state index is -3.61. The number of sulfone groups is 1. The van der Waals surface area contributed by atoms with Crippen LogP contribution >= 0.6 is 11.6 Å². The number of aromatic nitrogens is 3. The van der Waals surface area contributed by atoms with E-state index >= 15 is 0 Å². The van der Waals surface area contributed by atoms with E-state index < -0.39 is 38.8 Å². The highest BCUT2D eigenvalue weighted by atomic mass is 35.5. The van der Waals surface area contributed by atoms with Crippen molar-refractivity contribution in [2.45, 2.75) is 32.2 Å². The van der Waals surface area contributed by atoms with Gasteiger partial charge in [0, 0.05) is 29.4 Å². The third-order valence-corrected chi connectivity index (χ3v) is 6.54. The Kier molecular flexibility index (Phi) is 6.41. The highest BCUT2D eigenvalue weighted by Crippen LogP contribution is 2.32. The summed E-state index contributed by atoms with van der Waals surface area (Å²) >= 11 is 5.85. The second kappa shape index (κ2) is 9.04. The fourth-order valence-electron chi connectivity index (χ4n) is 4.04. The van der Waals surface area contributed by atoms with E-state index in [9.17, 15) is 22.4 Å². The number of fused-ring (bicyclic) bond motifs is 1. The predicted octanol–water partition coefficient (Wildman–Crippen LogP) is 2.64. The zero-order chi connectivity index (χ0) is 25.5. The molecule has 3 aromatic rings. The summed E-state index contributed by atoms with van der Waals surface area (Å²) < 4.78 is 39.0. The summed E-state index contributed by atoms with van der Waals surface area (Å²) in [6, 6.07) is 7.81. The fraction of sp³-hybridized carbons (Fsp3) is 0.304. The summed E-state index contributed by atoms with van der Waals surface area (Å²) in [4.78, 5) is 30.0. The first kappa shape index (κ1) is 24.8. The molecule has 0 spiro atoms. The van der Waals surface area contributed by atoms with Gasteiger partial charge in [0.1, 0.15) is 17.1 Å². The number of nitrogens with one attached hydrogen (secondary N) is 2. The lowest BCUT2D eigenvalue weighted by Gasteiger charge is -2.34. The molecule has 1 aliphatic rings. The average Bonchev–Trinajstić information content (AvgIpc) is 3.07. The summed E-state index contributed by atoms with van der Waals surface area (Å²) in [5.41, 5.74) is 0.851. The molecule has 4 rings (SSSR count). The van der Waals surface area contributed by atoms with Crippen molar-refractivity contribution in [3.05, 3.63) is 69.8 Å². The Morgan fingerprint density at radius 1 is 1.31 bits per heavy atom. The number of halogens is 2. The van der Waals surface area contributed by atoms with Crippen molar-refractivity contribution >= 4 is 39.1 Å². The molecule has 184 valence electrons. The molecule has 0 aliphatic carbocycles. The molecule has 2 aromatic heterocycles. The Labute approximate surface area is 206 Å². The van der Waals surface area contributed by atoms with Gasteiger partial charge in [0.05, 0.1) is 5.69 Å². The van der Waals surface area contributed by atoms with Crippen molar-refractivity contribution < 1.29 is 22.4 Å². The first-order chi connectivity index (χ1) is 16.3. The van der Waals surface area contributed by atoms with Crippen molar-refractivity contribution in [3.63, 3.8) is 0 Å². The molecule has 3 heterocycles. The molecule has 12 heteroatoms. The number of amides is 2. The molecule has 0 bridgehead atoms. The molecule has 0 radical (unpaired) electrons. The Bertz CT molecular complexity index is 1440. The maximum atomic E-state index is 14.4. The summed E-state index contributed by atoms with van der Waals surface area (Å²) in [5.74, 6) is -2.24. The van der Waals surface area contributed by atoms with Gasteiger partial charge in [0.25, 0.3) is 5.91 Å². The van der Waals surface area contributed by atoms with E-state index in [1.165, 1.54) is 10.7 Å². The lowest BCUT2D eigenvalue weighted by Crippen LogP contribution is -2.53. The first-order valence-corrected chi connectivity index (χ1v) is 13.1. The van der Waals surface area contributed by atoms with E-state index in [1.54, 1.807) is 37.4 Å². The van der Waals surface area contributed by atoms with Crippen LogP contribution in [0.25, 0.3) is 5.82 Å². The van der Waals surface area contributed by atoms with E-state index in [0.29, 0.717) is 17.1 Å². The van der Waals surface area contributed by atoms with Crippen molar-refractivity contribution in [2.24, 2.45) is 0 Å². The largest absolute Gasteiger partial charge is 0.346 e. The molecule has 0 saturated carbocycles. The molecule has 0 unspecified atom stereocenters. The Morgan fingerprint density at radius 3 is 2.69 bits per heavy atom. The monoisotopic (exact) mass is 519 g/mol. The van der Waals surface area contributed by atoms with Crippen LogP contribution in [0.15, 0.2) is 36.5 Å². The van der Waals surface area contributed by atoms with Crippen molar-refractivity contribution in [3.8, 4) is 5.82 Å². The number of benzene rings is 1. The highest BCUT2D eigenvalue weighted by Gasteiger charge is 2.40. The number of nitrogens with zero attached hydrogens (tertiary/aromatic N) is 3. The van der Waals surface area contributed by atoms with E-state index in [1.807, 2.05) is 6.92 Å². The molecular weight excluding hydrogens is 497 g/mol. The fourth-order valence-corrected chi connectivity index (χ4v) is 4.75. The van der Waals surface area contributed by atoms with Crippen LogP contribution in [0.3, 0.4) is 0 Å². The Hall–Kier alpha value is -3.31. The number of anilines is 1. The zero-order valence-electron chi connectivity index (χ0n) is 19.2. The van der Waals surface area contributed by atoms with Gasteiger partial charge in [-0.2, -0.15) is 9.78 Å². The molecule has 35 heavy (non-hydrogen) atoms. The van der Waals surface area contributed by atoms with Crippen LogP contribution in [-0.2, 0) is 27.5 Å². The molecule has 0 saturated heterocycles. The molecule has 2 N–H and O–H groups in total. The second-order valence-corrected chi connectivity index (χ2v) is 11.6. The van der Waals surface area contributed by atoms with E-state index in [2.05, 4.69) is 20.7 Å². The Morgan fingerprint density at radius 2 is 2.06 bits per heavy atom. The van der Waals surface area contributed by atoms with Gasteiger partial charge in [-0.05, 0) is 49.6 Å². The number of hydrogen-bond acceptors (Lipinski definition) is 6. The number of carbonyl (C=O) groups excluding carboxylic acids is 2. The van der Waals surface area contributed by atoms with Crippen molar-refractivity contribution in [1.29, 1.82) is 0 Å². The minimum Gasteiger partial charge on any atom is -0.346 e. The number of carbonyl (C=O) groups is 2. The van der Waals surface area contributed by atoms with Gasteiger partial charge in [0.2, 0.25) is 5.91 Å².